The maximum Gasteiger partial charge on any atom is 0.227 e. The van der Waals surface area contributed by atoms with Crippen molar-refractivity contribution in [1.29, 1.82) is 0 Å². The maximum atomic E-state index is 12.6. The number of aryl methyl sites for hydroxylation is 1. The van der Waals surface area contributed by atoms with Crippen LogP contribution in [0.15, 0.2) is 24.3 Å². The van der Waals surface area contributed by atoms with Gasteiger partial charge in [0.1, 0.15) is 5.82 Å². The van der Waals surface area contributed by atoms with Gasteiger partial charge >= 0.3 is 0 Å². The minimum Gasteiger partial charge on any atom is -0.328 e. The van der Waals surface area contributed by atoms with Crippen LogP contribution in [0.1, 0.15) is 50.8 Å². The van der Waals surface area contributed by atoms with Crippen molar-refractivity contribution in [3.8, 4) is 11.4 Å². The Kier molecular flexibility index (Phi) is 6.50. The summed E-state index contributed by atoms with van der Waals surface area (Å²) in [5.41, 5.74) is 7.84. The molecule has 4 rings (SSSR count). The van der Waals surface area contributed by atoms with Crippen LogP contribution < -0.4 is 11.1 Å². The minimum atomic E-state index is 0. The summed E-state index contributed by atoms with van der Waals surface area (Å²) in [4.78, 5) is 12.6. The standard InChI is InChI=1S/C20H27N5O.ClH/c21-16-8-4-7-15(12-16)20(26)22-17-9-5-6-14(13-17)19-24-23-18-10-2-1-3-11-25(18)19;/h5-6,9,13,15-16H,1-4,7-8,10-12,21H2,(H,22,26);1H. The number of benzene rings is 1. The van der Waals surface area contributed by atoms with E-state index < -0.39 is 0 Å². The Morgan fingerprint density at radius 1 is 1.15 bits per heavy atom. The van der Waals surface area contributed by atoms with Gasteiger partial charge in [0.2, 0.25) is 5.91 Å². The van der Waals surface area contributed by atoms with Crippen molar-refractivity contribution in [3.63, 3.8) is 0 Å². The molecule has 6 nitrogen and oxygen atoms in total. The van der Waals surface area contributed by atoms with Gasteiger partial charge in [-0.3, -0.25) is 4.79 Å². The predicted octanol–water partition coefficient (Wildman–Crippen LogP) is 3.55. The summed E-state index contributed by atoms with van der Waals surface area (Å²) in [6.45, 7) is 0.966. The third kappa shape index (κ3) is 4.50. The summed E-state index contributed by atoms with van der Waals surface area (Å²) in [7, 11) is 0. The number of nitrogens with one attached hydrogen (secondary N) is 1. The van der Waals surface area contributed by atoms with Crippen molar-refractivity contribution in [1.82, 2.24) is 14.8 Å². The molecule has 146 valence electrons. The Morgan fingerprint density at radius 2 is 2.04 bits per heavy atom. The van der Waals surface area contributed by atoms with Gasteiger partial charge in [0.15, 0.2) is 5.82 Å². The molecule has 1 saturated carbocycles. The van der Waals surface area contributed by atoms with Gasteiger partial charge in [-0.15, -0.1) is 22.6 Å². The number of anilines is 1. The number of amides is 1. The van der Waals surface area contributed by atoms with Crippen LogP contribution in [0.4, 0.5) is 5.69 Å². The lowest BCUT2D eigenvalue weighted by Crippen LogP contribution is -2.34. The molecule has 2 unspecified atom stereocenters. The highest BCUT2D eigenvalue weighted by atomic mass is 35.5. The first-order valence-corrected chi connectivity index (χ1v) is 9.79. The molecule has 2 atom stereocenters. The highest BCUT2D eigenvalue weighted by molar-refractivity contribution is 5.93. The molecule has 1 fully saturated rings. The molecule has 27 heavy (non-hydrogen) atoms. The lowest BCUT2D eigenvalue weighted by atomic mass is 9.85. The highest BCUT2D eigenvalue weighted by Gasteiger charge is 2.25. The van der Waals surface area contributed by atoms with Crippen LogP contribution >= 0.6 is 12.4 Å². The number of nitrogens with zero attached hydrogens (tertiary/aromatic N) is 3. The lowest BCUT2D eigenvalue weighted by molar-refractivity contribution is -0.120. The van der Waals surface area contributed by atoms with Crippen molar-refractivity contribution in [2.75, 3.05) is 5.32 Å². The predicted molar refractivity (Wildman–Crippen MR) is 109 cm³/mol. The van der Waals surface area contributed by atoms with E-state index in [-0.39, 0.29) is 30.3 Å². The van der Waals surface area contributed by atoms with E-state index >= 15 is 0 Å². The first-order valence-electron chi connectivity index (χ1n) is 9.79. The number of hydrogen-bond donors (Lipinski definition) is 2. The summed E-state index contributed by atoms with van der Waals surface area (Å²) < 4.78 is 2.23. The number of hydrogen-bond acceptors (Lipinski definition) is 4. The number of fused-ring (bicyclic) bond motifs is 1. The fourth-order valence-corrected chi connectivity index (χ4v) is 4.14. The molecule has 1 aromatic heterocycles. The van der Waals surface area contributed by atoms with Crippen molar-refractivity contribution in [3.05, 3.63) is 30.1 Å². The third-order valence-corrected chi connectivity index (χ3v) is 5.58. The van der Waals surface area contributed by atoms with Crippen LogP contribution in [0.3, 0.4) is 0 Å². The number of rotatable bonds is 3. The lowest BCUT2D eigenvalue weighted by Gasteiger charge is -2.25. The van der Waals surface area contributed by atoms with Crippen LogP contribution in [-0.4, -0.2) is 26.7 Å². The zero-order valence-corrected chi connectivity index (χ0v) is 16.4. The molecule has 7 heteroatoms. The van der Waals surface area contributed by atoms with Gasteiger partial charge in [-0.25, -0.2) is 0 Å². The Bertz CT molecular complexity index is 790. The fraction of sp³-hybridized carbons (Fsp3) is 0.550. The number of carbonyl (C=O) groups excluding carboxylic acids is 1. The van der Waals surface area contributed by atoms with E-state index in [1.807, 2.05) is 24.3 Å². The molecule has 0 saturated heterocycles. The molecule has 0 spiro atoms. The Balaban J connectivity index is 0.00000210. The summed E-state index contributed by atoms with van der Waals surface area (Å²) in [5.74, 6) is 2.07. The molecule has 1 aromatic carbocycles. The molecule has 2 aromatic rings. The summed E-state index contributed by atoms with van der Waals surface area (Å²) in [6, 6.07) is 8.09. The summed E-state index contributed by atoms with van der Waals surface area (Å²) >= 11 is 0. The van der Waals surface area contributed by atoms with Crippen molar-refractivity contribution >= 4 is 24.0 Å². The van der Waals surface area contributed by atoms with E-state index in [2.05, 4.69) is 20.1 Å². The number of nitrogens with two attached hydrogens (primary N) is 1. The monoisotopic (exact) mass is 389 g/mol. The van der Waals surface area contributed by atoms with E-state index in [4.69, 9.17) is 5.73 Å². The number of carbonyl (C=O) groups is 1. The normalized spacial score (nSPS) is 22.3. The SMILES string of the molecule is Cl.NC1CCCC(C(=O)Nc2cccc(-c3nnc4n3CCCCC4)c2)C1. The van der Waals surface area contributed by atoms with Crippen molar-refractivity contribution in [2.24, 2.45) is 11.7 Å². The highest BCUT2D eigenvalue weighted by Crippen LogP contribution is 2.27. The molecule has 0 bridgehead atoms. The van der Waals surface area contributed by atoms with Crippen molar-refractivity contribution < 1.29 is 4.79 Å². The molecule has 2 aliphatic rings. The molecule has 3 N–H and O–H groups in total. The summed E-state index contributed by atoms with van der Waals surface area (Å²) in [5, 5.41) is 11.9. The van der Waals surface area contributed by atoms with E-state index in [1.54, 1.807) is 0 Å². The van der Waals surface area contributed by atoms with E-state index in [9.17, 15) is 4.79 Å². The van der Waals surface area contributed by atoms with Gasteiger partial charge in [-0.2, -0.15) is 0 Å². The van der Waals surface area contributed by atoms with Crippen LogP contribution in [-0.2, 0) is 17.8 Å². The second-order valence-electron chi connectivity index (χ2n) is 7.60. The number of aromatic nitrogens is 3. The van der Waals surface area contributed by atoms with Gasteiger partial charge < -0.3 is 15.6 Å². The van der Waals surface area contributed by atoms with Gasteiger partial charge in [0.05, 0.1) is 0 Å². The molecular weight excluding hydrogens is 362 g/mol. The van der Waals surface area contributed by atoms with E-state index in [0.717, 1.165) is 68.0 Å². The molecule has 2 heterocycles. The van der Waals surface area contributed by atoms with Crippen molar-refractivity contribution in [2.45, 2.75) is 64.0 Å². The molecule has 1 aliphatic heterocycles. The van der Waals surface area contributed by atoms with E-state index in [1.165, 1.54) is 12.8 Å². The van der Waals surface area contributed by atoms with Gasteiger partial charge in [0.25, 0.3) is 0 Å². The minimum absolute atomic E-state index is 0. The summed E-state index contributed by atoms with van der Waals surface area (Å²) in [6.07, 6.45) is 8.34. The number of halogens is 1. The van der Waals surface area contributed by atoms with Gasteiger partial charge in [-0.1, -0.05) is 25.0 Å². The molecule has 1 aliphatic carbocycles. The second-order valence-corrected chi connectivity index (χ2v) is 7.60. The average molecular weight is 390 g/mol. The second kappa shape index (κ2) is 8.85. The Labute approximate surface area is 166 Å². The first kappa shape index (κ1) is 19.8. The van der Waals surface area contributed by atoms with Crippen LogP contribution in [0.2, 0.25) is 0 Å². The molecule has 1 amide bonds. The van der Waals surface area contributed by atoms with E-state index in [0.29, 0.717) is 0 Å². The largest absolute Gasteiger partial charge is 0.328 e. The van der Waals surface area contributed by atoms with Crippen LogP contribution in [0.5, 0.6) is 0 Å². The zero-order valence-electron chi connectivity index (χ0n) is 15.6. The first-order chi connectivity index (χ1) is 12.7. The topological polar surface area (TPSA) is 85.8 Å². The Morgan fingerprint density at radius 3 is 2.89 bits per heavy atom. The quantitative estimate of drug-likeness (QED) is 0.840. The zero-order chi connectivity index (χ0) is 17.9. The third-order valence-electron chi connectivity index (χ3n) is 5.58. The van der Waals surface area contributed by atoms with Crippen LogP contribution in [0.25, 0.3) is 11.4 Å². The smallest absolute Gasteiger partial charge is 0.227 e. The maximum absolute atomic E-state index is 12.6. The van der Waals surface area contributed by atoms with Gasteiger partial charge in [-0.05, 0) is 44.2 Å². The van der Waals surface area contributed by atoms with Crippen LogP contribution in [0, 0.1) is 5.92 Å². The fourth-order valence-electron chi connectivity index (χ4n) is 4.14. The average Bonchev–Trinajstić information content (AvgIpc) is 2.90. The Hall–Kier alpha value is -1.92. The molecule has 0 radical (unpaired) electrons. The molecular formula is C20H28ClN5O. The van der Waals surface area contributed by atoms with Gasteiger partial charge in [0, 0.05) is 36.2 Å².